The predicted molar refractivity (Wildman–Crippen MR) is 43.8 cm³/mol. The van der Waals surface area contributed by atoms with E-state index in [9.17, 15) is 0 Å². The van der Waals surface area contributed by atoms with E-state index in [-0.39, 0.29) is 12.9 Å². The van der Waals surface area contributed by atoms with Crippen molar-refractivity contribution in [1.29, 1.82) is 0 Å². The maximum Gasteiger partial charge on any atom is -0.00474 e. The second kappa shape index (κ2) is 10.8. The summed E-state index contributed by atoms with van der Waals surface area (Å²) in [5.41, 5.74) is 0. The first kappa shape index (κ1) is 16.0. The van der Waals surface area contributed by atoms with Crippen molar-refractivity contribution >= 4 is 0 Å². The Bertz CT molecular complexity index is 30.4. The first-order valence-electron chi connectivity index (χ1n) is 3.07. The lowest BCUT2D eigenvalue weighted by molar-refractivity contribution is 0.321. The first-order chi connectivity index (χ1) is 3.35. The lowest BCUT2D eigenvalue weighted by Gasteiger charge is -2.13. The van der Waals surface area contributed by atoms with Gasteiger partial charge in [0.15, 0.2) is 0 Å². The van der Waals surface area contributed by atoms with E-state index < -0.39 is 0 Å². The van der Waals surface area contributed by atoms with Crippen LogP contribution >= 0.6 is 0 Å². The Kier molecular flexibility index (Phi) is 19.2. The molecule has 2 heteroatoms. The van der Waals surface area contributed by atoms with Crippen LogP contribution in [0.25, 0.3) is 0 Å². The minimum absolute atomic E-state index is 0. The highest BCUT2D eigenvalue weighted by atomic mass is 16.0. The quantitative estimate of drug-likeness (QED) is 0.572. The van der Waals surface area contributed by atoms with Gasteiger partial charge in [0, 0.05) is 0 Å². The first-order valence-corrected chi connectivity index (χ1v) is 3.07. The molecular weight excluding hydrogens is 114 g/mol. The average molecular weight is 135 g/mol. The average Bonchev–Trinajstić information content (AvgIpc) is 1.72. The van der Waals surface area contributed by atoms with Gasteiger partial charge in [0.1, 0.15) is 0 Å². The molecule has 0 aromatic rings. The van der Waals surface area contributed by atoms with Gasteiger partial charge in [-0.1, -0.05) is 28.2 Å². The zero-order valence-electron chi connectivity index (χ0n) is 6.07. The maximum atomic E-state index is 2.38. The van der Waals surface area contributed by atoms with E-state index in [0.717, 1.165) is 0 Å². The molecule has 0 aliphatic carbocycles. The van der Waals surface area contributed by atoms with Crippen molar-refractivity contribution in [1.82, 2.24) is 4.90 Å². The summed E-state index contributed by atoms with van der Waals surface area (Å²) in [6, 6.07) is 0. The van der Waals surface area contributed by atoms with Crippen molar-refractivity contribution in [3.8, 4) is 0 Å². The molecule has 0 radical (unpaired) electrons. The molecule has 0 rings (SSSR count). The third kappa shape index (κ3) is 7.92. The van der Waals surface area contributed by atoms with E-state index in [1.165, 1.54) is 19.6 Å². The van der Waals surface area contributed by atoms with Crippen LogP contribution in [-0.4, -0.2) is 30.0 Å². The monoisotopic (exact) mass is 135 g/mol. The van der Waals surface area contributed by atoms with E-state index in [0.29, 0.717) is 0 Å². The van der Waals surface area contributed by atoms with Gasteiger partial charge < -0.3 is 10.4 Å². The largest absolute Gasteiger partial charge is 0.412 e. The highest BCUT2D eigenvalue weighted by molar-refractivity contribution is 4.43. The van der Waals surface area contributed by atoms with Crippen LogP contribution in [0.15, 0.2) is 0 Å². The van der Waals surface area contributed by atoms with Gasteiger partial charge in [-0.25, -0.2) is 0 Å². The molecule has 0 bridgehead atoms. The summed E-state index contributed by atoms with van der Waals surface area (Å²) in [5.74, 6) is 0. The Balaban J connectivity index is -0.000000180. The van der Waals surface area contributed by atoms with Crippen LogP contribution in [0.5, 0.6) is 0 Å². The molecule has 0 aliphatic rings. The smallest absolute Gasteiger partial charge is 0.00474 e. The van der Waals surface area contributed by atoms with Crippen molar-refractivity contribution in [2.24, 2.45) is 0 Å². The molecule has 0 heterocycles. The predicted octanol–water partition coefficient (Wildman–Crippen LogP) is 1.16. The molecule has 0 aliphatic heterocycles. The van der Waals surface area contributed by atoms with Crippen LogP contribution in [0.4, 0.5) is 0 Å². The van der Waals surface area contributed by atoms with Gasteiger partial charge in [-0.3, -0.25) is 0 Å². The SMILES string of the molecule is C.CCN(CC)CC.O. The minimum atomic E-state index is 0. The molecule has 0 fully saturated rings. The highest BCUT2D eigenvalue weighted by Gasteiger charge is 1.89. The lowest BCUT2D eigenvalue weighted by atomic mass is 10.5. The molecule has 2 nitrogen and oxygen atoms in total. The topological polar surface area (TPSA) is 34.7 Å². The molecular formula is C7H21NO. The molecule has 0 amide bonds. The van der Waals surface area contributed by atoms with Crippen LogP contribution in [0.2, 0.25) is 0 Å². The van der Waals surface area contributed by atoms with Gasteiger partial charge in [-0.2, -0.15) is 0 Å². The zero-order chi connectivity index (χ0) is 5.70. The van der Waals surface area contributed by atoms with E-state index in [1.807, 2.05) is 0 Å². The third-order valence-corrected chi connectivity index (χ3v) is 1.34. The fourth-order valence-corrected chi connectivity index (χ4v) is 0.671. The number of hydrogen-bond acceptors (Lipinski definition) is 1. The van der Waals surface area contributed by atoms with Gasteiger partial charge in [0.25, 0.3) is 0 Å². The molecule has 0 spiro atoms. The maximum absolute atomic E-state index is 2.38. The summed E-state index contributed by atoms with van der Waals surface area (Å²) in [6.07, 6.45) is 0. The highest BCUT2D eigenvalue weighted by Crippen LogP contribution is 1.81. The standard InChI is InChI=1S/C6H15N.CH4.H2O/c1-4-7(5-2)6-3;;/h4-6H2,1-3H3;1H4;1H2. The van der Waals surface area contributed by atoms with Gasteiger partial charge >= 0.3 is 0 Å². The fourth-order valence-electron chi connectivity index (χ4n) is 0.671. The van der Waals surface area contributed by atoms with Gasteiger partial charge in [0.05, 0.1) is 0 Å². The number of nitrogens with zero attached hydrogens (tertiary/aromatic N) is 1. The van der Waals surface area contributed by atoms with E-state index in [4.69, 9.17) is 0 Å². The zero-order valence-corrected chi connectivity index (χ0v) is 6.07. The van der Waals surface area contributed by atoms with E-state index in [1.54, 1.807) is 0 Å². The third-order valence-electron chi connectivity index (χ3n) is 1.34. The summed E-state index contributed by atoms with van der Waals surface area (Å²) in [4.78, 5) is 2.38. The second-order valence-electron chi connectivity index (χ2n) is 1.62. The lowest BCUT2D eigenvalue weighted by Crippen LogP contribution is -2.21. The van der Waals surface area contributed by atoms with E-state index in [2.05, 4.69) is 25.7 Å². The van der Waals surface area contributed by atoms with Crippen molar-refractivity contribution in [2.75, 3.05) is 19.6 Å². The Hall–Kier alpha value is -0.0800. The van der Waals surface area contributed by atoms with Crippen molar-refractivity contribution in [2.45, 2.75) is 28.2 Å². The Morgan fingerprint density at radius 2 is 1.11 bits per heavy atom. The van der Waals surface area contributed by atoms with Gasteiger partial charge in [-0.05, 0) is 19.6 Å². The van der Waals surface area contributed by atoms with Gasteiger partial charge in [-0.15, -0.1) is 0 Å². The van der Waals surface area contributed by atoms with Crippen LogP contribution < -0.4 is 0 Å². The van der Waals surface area contributed by atoms with Crippen molar-refractivity contribution < 1.29 is 5.48 Å². The summed E-state index contributed by atoms with van der Waals surface area (Å²) in [7, 11) is 0. The molecule has 0 saturated carbocycles. The summed E-state index contributed by atoms with van der Waals surface area (Å²) in [6.45, 7) is 10.1. The second-order valence-corrected chi connectivity index (χ2v) is 1.62. The molecule has 60 valence electrons. The Morgan fingerprint density at radius 3 is 1.11 bits per heavy atom. The van der Waals surface area contributed by atoms with Gasteiger partial charge in [0.2, 0.25) is 0 Å². The molecule has 2 N–H and O–H groups in total. The van der Waals surface area contributed by atoms with Crippen LogP contribution in [0, 0.1) is 0 Å². The molecule has 0 unspecified atom stereocenters. The Morgan fingerprint density at radius 1 is 0.889 bits per heavy atom. The van der Waals surface area contributed by atoms with Crippen molar-refractivity contribution in [3.63, 3.8) is 0 Å². The van der Waals surface area contributed by atoms with E-state index >= 15 is 0 Å². The van der Waals surface area contributed by atoms with Crippen molar-refractivity contribution in [3.05, 3.63) is 0 Å². The Labute approximate surface area is 59.2 Å². The molecule has 9 heavy (non-hydrogen) atoms. The summed E-state index contributed by atoms with van der Waals surface area (Å²) < 4.78 is 0. The number of hydrogen-bond donors (Lipinski definition) is 0. The van der Waals surface area contributed by atoms with Crippen LogP contribution in [-0.2, 0) is 0 Å². The fraction of sp³-hybridized carbons (Fsp3) is 1.00. The van der Waals surface area contributed by atoms with Crippen LogP contribution in [0.3, 0.4) is 0 Å². The van der Waals surface area contributed by atoms with Crippen LogP contribution in [0.1, 0.15) is 28.2 Å². The molecule has 0 aromatic heterocycles. The molecule has 0 atom stereocenters. The minimum Gasteiger partial charge on any atom is -0.412 e. The molecule has 0 saturated heterocycles. The molecule has 0 aromatic carbocycles. The normalized spacial score (nSPS) is 8.00. The summed E-state index contributed by atoms with van der Waals surface area (Å²) in [5, 5.41) is 0. The summed E-state index contributed by atoms with van der Waals surface area (Å²) >= 11 is 0. The number of rotatable bonds is 3.